The molecule has 6 nitrogen and oxygen atoms in total. The number of aliphatic hydroxyl groups is 1. The number of hydrogen-bond acceptors (Lipinski definition) is 6. The topological polar surface area (TPSA) is 86.0 Å². The Morgan fingerprint density at radius 3 is 2.28 bits per heavy atom. The molecule has 9 atom stereocenters. The molecule has 0 bridgehead atoms. The van der Waals surface area contributed by atoms with Gasteiger partial charge in [0.1, 0.15) is 12.2 Å². The monoisotopic (exact) mass is 498 g/mol. The van der Waals surface area contributed by atoms with Crippen LogP contribution < -0.4 is 0 Å². The maximum absolute atomic E-state index is 12.5. The molecule has 6 heteroatoms. The summed E-state index contributed by atoms with van der Waals surface area (Å²) in [6.45, 7) is 14.1. The van der Waals surface area contributed by atoms with Crippen LogP contribution in [0.4, 0.5) is 0 Å². The number of ether oxygens (including phenoxy) is 2. The molecule has 3 saturated carbocycles. The number of allylic oxidation sites excluding steroid dienone is 1. The molecule has 3 fully saturated rings. The van der Waals surface area contributed by atoms with E-state index in [1.54, 1.807) is 6.26 Å². The Kier molecular flexibility index (Phi) is 5.83. The molecule has 0 aromatic carbocycles. The Morgan fingerprint density at radius 1 is 1.00 bits per heavy atom. The fourth-order valence-corrected chi connectivity index (χ4v) is 9.61. The van der Waals surface area contributed by atoms with Crippen LogP contribution in [0.2, 0.25) is 0 Å². The van der Waals surface area contributed by atoms with Gasteiger partial charge in [0.2, 0.25) is 0 Å². The van der Waals surface area contributed by atoms with Gasteiger partial charge < -0.3 is 19.0 Å². The van der Waals surface area contributed by atoms with Crippen LogP contribution >= 0.6 is 0 Å². The molecule has 0 unspecified atom stereocenters. The zero-order valence-electron chi connectivity index (χ0n) is 22.8. The van der Waals surface area contributed by atoms with E-state index in [4.69, 9.17) is 13.9 Å². The van der Waals surface area contributed by atoms with Gasteiger partial charge in [-0.05, 0) is 60.5 Å². The third kappa shape index (κ3) is 3.32. The van der Waals surface area contributed by atoms with Crippen molar-refractivity contribution in [3.63, 3.8) is 0 Å². The summed E-state index contributed by atoms with van der Waals surface area (Å²) in [4.78, 5) is 24.4. The van der Waals surface area contributed by atoms with E-state index in [-0.39, 0.29) is 46.8 Å². The van der Waals surface area contributed by atoms with Crippen molar-refractivity contribution < 1.29 is 28.6 Å². The molecule has 4 aliphatic rings. The second-order valence-electron chi connectivity index (χ2n) is 13.2. The van der Waals surface area contributed by atoms with Crippen LogP contribution in [0.15, 0.2) is 34.7 Å². The molecular weight excluding hydrogens is 456 g/mol. The average molecular weight is 499 g/mol. The van der Waals surface area contributed by atoms with Gasteiger partial charge in [0.05, 0.1) is 18.6 Å². The van der Waals surface area contributed by atoms with Crippen LogP contribution in [-0.4, -0.2) is 35.4 Å². The molecule has 0 saturated heterocycles. The molecule has 0 spiro atoms. The first-order chi connectivity index (χ1) is 16.8. The van der Waals surface area contributed by atoms with E-state index in [9.17, 15) is 14.7 Å². The highest BCUT2D eigenvalue weighted by Gasteiger charge is 2.71. The molecule has 4 aliphatic carbocycles. The number of carbonyl (C=O) groups is 2. The van der Waals surface area contributed by atoms with E-state index >= 15 is 0 Å². The Bertz CT molecular complexity index is 1070. The summed E-state index contributed by atoms with van der Waals surface area (Å²) in [6, 6.07) is 2.07. The zero-order chi connectivity index (χ0) is 26.3. The van der Waals surface area contributed by atoms with Gasteiger partial charge in [-0.1, -0.05) is 46.3 Å². The van der Waals surface area contributed by atoms with Crippen molar-refractivity contribution in [2.75, 3.05) is 0 Å². The van der Waals surface area contributed by atoms with Gasteiger partial charge in [-0.15, -0.1) is 0 Å². The highest BCUT2D eigenvalue weighted by atomic mass is 16.5. The van der Waals surface area contributed by atoms with Crippen molar-refractivity contribution in [1.29, 1.82) is 0 Å². The van der Waals surface area contributed by atoms with Crippen LogP contribution in [-0.2, 0) is 19.1 Å². The summed E-state index contributed by atoms with van der Waals surface area (Å²) in [6.07, 6.45) is 8.65. The summed E-state index contributed by atoms with van der Waals surface area (Å²) in [5.41, 5.74) is 1.36. The third-order valence-electron chi connectivity index (χ3n) is 11.3. The number of rotatable bonds is 3. The number of aliphatic hydroxyl groups excluding tert-OH is 1. The molecule has 1 heterocycles. The van der Waals surface area contributed by atoms with Crippen molar-refractivity contribution >= 4 is 11.9 Å². The Hall–Kier alpha value is -2.08. The number of carbonyl (C=O) groups excluding carboxylic acids is 2. The predicted octanol–water partition coefficient (Wildman–Crippen LogP) is 5.80. The first kappa shape index (κ1) is 25.6. The van der Waals surface area contributed by atoms with Crippen molar-refractivity contribution in [3.05, 3.63) is 35.8 Å². The second kappa shape index (κ2) is 8.21. The van der Waals surface area contributed by atoms with E-state index in [0.717, 1.165) is 19.3 Å². The van der Waals surface area contributed by atoms with Crippen molar-refractivity contribution in [3.8, 4) is 0 Å². The lowest BCUT2D eigenvalue weighted by Crippen LogP contribution is -2.69. The largest absolute Gasteiger partial charge is 0.472 e. The van der Waals surface area contributed by atoms with Crippen LogP contribution in [0.5, 0.6) is 0 Å². The lowest BCUT2D eigenvalue weighted by atomic mass is 9.36. The fourth-order valence-electron chi connectivity index (χ4n) is 9.61. The van der Waals surface area contributed by atoms with Crippen LogP contribution in [0, 0.1) is 33.5 Å². The summed E-state index contributed by atoms with van der Waals surface area (Å²) in [5, 5.41) is 11.8. The van der Waals surface area contributed by atoms with E-state index in [2.05, 4.69) is 46.8 Å². The summed E-state index contributed by atoms with van der Waals surface area (Å²) < 4.78 is 17.4. The van der Waals surface area contributed by atoms with Crippen LogP contribution in [0.25, 0.3) is 0 Å². The van der Waals surface area contributed by atoms with Gasteiger partial charge >= 0.3 is 11.9 Å². The second-order valence-corrected chi connectivity index (χ2v) is 13.2. The van der Waals surface area contributed by atoms with E-state index in [0.29, 0.717) is 18.8 Å². The van der Waals surface area contributed by atoms with Crippen LogP contribution in [0.3, 0.4) is 0 Å². The van der Waals surface area contributed by atoms with Gasteiger partial charge in [0.15, 0.2) is 0 Å². The molecule has 0 amide bonds. The maximum Gasteiger partial charge on any atom is 0.302 e. The number of hydrogen-bond donors (Lipinski definition) is 1. The van der Waals surface area contributed by atoms with Gasteiger partial charge in [-0.2, -0.15) is 0 Å². The normalized spacial score (nSPS) is 45.1. The van der Waals surface area contributed by atoms with Crippen LogP contribution in [0.1, 0.15) is 92.1 Å². The molecule has 1 aromatic rings. The van der Waals surface area contributed by atoms with Gasteiger partial charge in [-0.3, -0.25) is 9.59 Å². The van der Waals surface area contributed by atoms with E-state index < -0.39 is 16.9 Å². The minimum atomic E-state index is -0.612. The van der Waals surface area contributed by atoms with E-state index in [1.807, 2.05) is 6.26 Å². The van der Waals surface area contributed by atoms with Gasteiger partial charge in [0.25, 0.3) is 0 Å². The first-order valence-corrected chi connectivity index (χ1v) is 13.5. The molecule has 5 rings (SSSR count). The number of fused-ring (bicyclic) bond motifs is 5. The fraction of sp³-hybridized carbons (Fsp3) is 0.733. The molecule has 1 aromatic heterocycles. The van der Waals surface area contributed by atoms with Gasteiger partial charge in [-0.25, -0.2) is 0 Å². The lowest BCUT2D eigenvalue weighted by Gasteiger charge is -2.69. The standard InChI is InChI=1S/C30H42O6/c1-17(31)35-25-15-24(33)29(6)22-10-12-28(5)20(19-11-13-34-16-19)8-9-21(28)30(22,7)26(36-18(2)32)14-23(29)27(25,3)4/h9,11,13,16,20,22-26,33H,8,10,12,14-15H2,1-7H3/t20-,22+,23-,24-,25+,26+,28-,29+,30-/m0/s1. The van der Waals surface area contributed by atoms with E-state index in [1.165, 1.54) is 25.0 Å². The average Bonchev–Trinajstić information content (AvgIpc) is 3.41. The van der Waals surface area contributed by atoms with Crippen molar-refractivity contribution in [2.45, 2.75) is 105 Å². The summed E-state index contributed by atoms with van der Waals surface area (Å²) >= 11 is 0. The Balaban J connectivity index is 1.61. The SMILES string of the molecule is CC(=O)O[C@@H]1C[C@H](O)[C@@]2(C)[C@@H](C[C@@H](OC(C)=O)[C@@]3(C)C4=CC[C@@H](c5ccoc5)[C@]4(C)CC[C@@H]32)C1(C)C. The van der Waals surface area contributed by atoms with Crippen molar-refractivity contribution in [1.82, 2.24) is 0 Å². The maximum atomic E-state index is 12.5. The minimum absolute atomic E-state index is 0.0246. The molecule has 0 aliphatic heterocycles. The first-order valence-electron chi connectivity index (χ1n) is 13.5. The molecule has 1 N–H and O–H groups in total. The number of esters is 2. The summed E-state index contributed by atoms with van der Waals surface area (Å²) in [5.74, 6) is -0.115. The quantitative estimate of drug-likeness (QED) is 0.419. The number of furan rings is 1. The molecular formula is C30H42O6. The Morgan fingerprint density at radius 2 is 1.67 bits per heavy atom. The summed E-state index contributed by atoms with van der Waals surface area (Å²) in [7, 11) is 0. The molecule has 0 radical (unpaired) electrons. The highest BCUT2D eigenvalue weighted by molar-refractivity contribution is 5.67. The highest BCUT2D eigenvalue weighted by Crippen LogP contribution is 2.74. The predicted molar refractivity (Wildman–Crippen MR) is 135 cm³/mol. The zero-order valence-corrected chi connectivity index (χ0v) is 22.8. The smallest absolute Gasteiger partial charge is 0.302 e. The Labute approximate surface area is 214 Å². The van der Waals surface area contributed by atoms with Gasteiger partial charge in [0, 0.05) is 36.5 Å². The molecule has 36 heavy (non-hydrogen) atoms. The molecule has 198 valence electrons. The van der Waals surface area contributed by atoms with Crippen molar-refractivity contribution in [2.24, 2.45) is 33.5 Å². The minimum Gasteiger partial charge on any atom is -0.472 e. The third-order valence-corrected chi connectivity index (χ3v) is 11.3. The lowest BCUT2D eigenvalue weighted by molar-refractivity contribution is -0.257.